The maximum Gasteiger partial charge on any atom is 0.231 e. The lowest BCUT2D eigenvalue weighted by Gasteiger charge is -2.22. The number of ether oxygens (including phenoxy) is 2. The Kier molecular flexibility index (Phi) is 6.25. The second kappa shape index (κ2) is 8.62. The standard InChI is InChI=1S/C20H32N4O2/c1-5-21-20(23-17-12-24(14(2)3)11-15(17)4)22-9-8-16-6-7-18-19(10-16)26-13-25-18/h6-7,10,14-15,17H,5,8-9,11-13H2,1-4H3,(H2,21,22,23). The van der Waals surface area contributed by atoms with Crippen molar-refractivity contribution < 1.29 is 9.47 Å². The lowest BCUT2D eigenvalue weighted by molar-refractivity contribution is 0.174. The van der Waals surface area contributed by atoms with Crippen LogP contribution in [0.15, 0.2) is 23.2 Å². The third kappa shape index (κ3) is 4.61. The van der Waals surface area contributed by atoms with Crippen molar-refractivity contribution in [1.29, 1.82) is 0 Å². The summed E-state index contributed by atoms with van der Waals surface area (Å²) in [5.74, 6) is 3.20. The molecule has 0 aliphatic carbocycles. The van der Waals surface area contributed by atoms with Crippen LogP contribution in [0.5, 0.6) is 11.5 Å². The fourth-order valence-corrected chi connectivity index (χ4v) is 3.50. The Morgan fingerprint density at radius 3 is 2.81 bits per heavy atom. The molecule has 1 aromatic carbocycles. The summed E-state index contributed by atoms with van der Waals surface area (Å²) in [6.45, 7) is 13.1. The minimum atomic E-state index is 0.318. The largest absolute Gasteiger partial charge is 0.454 e. The molecule has 1 fully saturated rings. The van der Waals surface area contributed by atoms with Gasteiger partial charge in [-0.1, -0.05) is 13.0 Å². The number of nitrogens with one attached hydrogen (secondary N) is 2. The van der Waals surface area contributed by atoms with Gasteiger partial charge in [0.1, 0.15) is 0 Å². The normalized spacial score (nSPS) is 22.9. The van der Waals surface area contributed by atoms with Crippen molar-refractivity contribution in [3.05, 3.63) is 23.8 Å². The van der Waals surface area contributed by atoms with Crippen LogP contribution in [-0.2, 0) is 6.42 Å². The number of guanidine groups is 1. The molecule has 0 saturated carbocycles. The average molecular weight is 361 g/mol. The maximum atomic E-state index is 5.45. The van der Waals surface area contributed by atoms with Crippen molar-refractivity contribution in [3.63, 3.8) is 0 Å². The topological polar surface area (TPSA) is 58.1 Å². The number of hydrogen-bond acceptors (Lipinski definition) is 4. The van der Waals surface area contributed by atoms with E-state index in [0.717, 1.165) is 50.1 Å². The summed E-state index contributed by atoms with van der Waals surface area (Å²) >= 11 is 0. The Hall–Kier alpha value is -1.95. The van der Waals surface area contributed by atoms with Crippen molar-refractivity contribution in [1.82, 2.24) is 15.5 Å². The number of hydrogen-bond donors (Lipinski definition) is 2. The summed E-state index contributed by atoms with van der Waals surface area (Å²) in [4.78, 5) is 7.30. The van der Waals surface area contributed by atoms with Crippen molar-refractivity contribution in [2.75, 3.05) is 33.0 Å². The molecule has 26 heavy (non-hydrogen) atoms. The quantitative estimate of drug-likeness (QED) is 0.602. The lowest BCUT2D eigenvalue weighted by atomic mass is 10.1. The number of nitrogens with zero attached hydrogens (tertiary/aromatic N) is 2. The van der Waals surface area contributed by atoms with E-state index in [0.29, 0.717) is 24.8 Å². The summed E-state index contributed by atoms with van der Waals surface area (Å²) in [6.07, 6.45) is 0.881. The molecule has 6 nitrogen and oxygen atoms in total. The van der Waals surface area contributed by atoms with Gasteiger partial charge in [-0.05, 0) is 50.8 Å². The second-order valence-corrected chi connectivity index (χ2v) is 7.47. The third-order valence-corrected chi connectivity index (χ3v) is 5.14. The first-order valence-corrected chi connectivity index (χ1v) is 9.74. The molecule has 1 saturated heterocycles. The van der Waals surface area contributed by atoms with Gasteiger partial charge in [-0.25, -0.2) is 0 Å². The molecule has 144 valence electrons. The first-order chi connectivity index (χ1) is 12.6. The molecular weight excluding hydrogens is 328 g/mol. The zero-order chi connectivity index (χ0) is 18.5. The summed E-state index contributed by atoms with van der Waals surface area (Å²) in [5.41, 5.74) is 1.22. The molecule has 1 aromatic rings. The predicted octanol–water partition coefficient (Wildman–Crippen LogP) is 2.24. The van der Waals surface area contributed by atoms with Gasteiger partial charge in [0, 0.05) is 38.3 Å². The molecule has 0 radical (unpaired) electrons. The lowest BCUT2D eigenvalue weighted by Crippen LogP contribution is -2.46. The SMILES string of the molecule is CCNC(=NCCc1ccc2c(c1)OCO2)NC1CN(C(C)C)CC1C. The Balaban J connectivity index is 1.55. The van der Waals surface area contributed by atoms with Gasteiger partial charge < -0.3 is 20.1 Å². The molecule has 0 bridgehead atoms. The Bertz CT molecular complexity index is 632. The second-order valence-electron chi connectivity index (χ2n) is 7.47. The predicted molar refractivity (Wildman–Crippen MR) is 105 cm³/mol. The van der Waals surface area contributed by atoms with Crippen molar-refractivity contribution in [2.45, 2.75) is 46.2 Å². The van der Waals surface area contributed by atoms with E-state index in [4.69, 9.17) is 14.5 Å². The van der Waals surface area contributed by atoms with Gasteiger partial charge in [-0.15, -0.1) is 0 Å². The highest BCUT2D eigenvalue weighted by Gasteiger charge is 2.31. The van der Waals surface area contributed by atoms with Crippen LogP contribution >= 0.6 is 0 Å². The first kappa shape index (κ1) is 18.8. The molecule has 3 rings (SSSR count). The van der Waals surface area contributed by atoms with Crippen molar-refractivity contribution in [3.8, 4) is 11.5 Å². The van der Waals surface area contributed by atoms with Crippen molar-refractivity contribution in [2.24, 2.45) is 10.9 Å². The Morgan fingerprint density at radius 2 is 2.08 bits per heavy atom. The molecule has 2 aliphatic heterocycles. The van der Waals surface area contributed by atoms with E-state index in [1.807, 2.05) is 6.07 Å². The van der Waals surface area contributed by atoms with Crippen LogP contribution in [0.3, 0.4) is 0 Å². The van der Waals surface area contributed by atoms with E-state index in [9.17, 15) is 0 Å². The fraction of sp³-hybridized carbons (Fsp3) is 0.650. The fourth-order valence-electron chi connectivity index (χ4n) is 3.50. The number of rotatable bonds is 6. The molecule has 2 atom stereocenters. The van der Waals surface area contributed by atoms with Gasteiger partial charge in [-0.2, -0.15) is 0 Å². The van der Waals surface area contributed by atoms with Gasteiger partial charge >= 0.3 is 0 Å². The van der Waals surface area contributed by atoms with Gasteiger partial charge in [0.2, 0.25) is 6.79 Å². The monoisotopic (exact) mass is 360 g/mol. The van der Waals surface area contributed by atoms with Crippen LogP contribution < -0.4 is 20.1 Å². The molecule has 6 heteroatoms. The maximum absolute atomic E-state index is 5.45. The number of benzene rings is 1. The Morgan fingerprint density at radius 1 is 1.27 bits per heavy atom. The first-order valence-electron chi connectivity index (χ1n) is 9.74. The number of likely N-dealkylation sites (tertiary alicyclic amines) is 1. The highest BCUT2D eigenvalue weighted by Crippen LogP contribution is 2.32. The number of aliphatic imine (C=N–C) groups is 1. The number of fused-ring (bicyclic) bond motifs is 1. The van der Waals surface area contributed by atoms with Crippen LogP contribution in [0.4, 0.5) is 0 Å². The van der Waals surface area contributed by atoms with E-state index >= 15 is 0 Å². The van der Waals surface area contributed by atoms with Gasteiger partial charge in [0.25, 0.3) is 0 Å². The third-order valence-electron chi connectivity index (χ3n) is 5.14. The molecule has 0 spiro atoms. The molecule has 0 amide bonds. The summed E-state index contributed by atoms with van der Waals surface area (Å²) in [5, 5.41) is 7.01. The van der Waals surface area contributed by atoms with E-state index in [1.165, 1.54) is 5.56 Å². The summed E-state index contributed by atoms with van der Waals surface area (Å²) < 4.78 is 10.8. The van der Waals surface area contributed by atoms with E-state index in [1.54, 1.807) is 0 Å². The van der Waals surface area contributed by atoms with Gasteiger partial charge in [0.05, 0.1) is 0 Å². The highest BCUT2D eigenvalue weighted by molar-refractivity contribution is 5.80. The van der Waals surface area contributed by atoms with Crippen molar-refractivity contribution >= 4 is 5.96 Å². The van der Waals surface area contributed by atoms with Crippen LogP contribution in [0, 0.1) is 5.92 Å². The molecule has 2 N–H and O–H groups in total. The zero-order valence-electron chi connectivity index (χ0n) is 16.4. The van der Waals surface area contributed by atoms with Gasteiger partial charge in [0.15, 0.2) is 17.5 Å². The van der Waals surface area contributed by atoms with E-state index < -0.39 is 0 Å². The highest BCUT2D eigenvalue weighted by atomic mass is 16.7. The van der Waals surface area contributed by atoms with Crippen LogP contribution in [0.25, 0.3) is 0 Å². The van der Waals surface area contributed by atoms with Crippen LogP contribution in [0.2, 0.25) is 0 Å². The van der Waals surface area contributed by atoms with Gasteiger partial charge in [-0.3, -0.25) is 9.89 Å². The smallest absolute Gasteiger partial charge is 0.231 e. The van der Waals surface area contributed by atoms with E-state index in [-0.39, 0.29) is 0 Å². The summed E-state index contributed by atoms with van der Waals surface area (Å²) in [7, 11) is 0. The summed E-state index contributed by atoms with van der Waals surface area (Å²) in [6, 6.07) is 7.15. The minimum absolute atomic E-state index is 0.318. The molecular formula is C20H32N4O2. The molecule has 2 unspecified atom stereocenters. The van der Waals surface area contributed by atoms with E-state index in [2.05, 4.69) is 55.4 Å². The zero-order valence-corrected chi connectivity index (χ0v) is 16.4. The van der Waals surface area contributed by atoms with Crippen LogP contribution in [-0.4, -0.2) is 55.9 Å². The Labute approximate surface area is 157 Å². The molecule has 2 heterocycles. The molecule has 0 aromatic heterocycles. The molecule has 2 aliphatic rings. The minimum Gasteiger partial charge on any atom is -0.454 e. The average Bonchev–Trinajstić information content (AvgIpc) is 3.21. The van der Waals surface area contributed by atoms with Crippen LogP contribution in [0.1, 0.15) is 33.3 Å².